The highest BCUT2D eigenvalue weighted by Crippen LogP contribution is 2.48. The average molecular weight is 524 g/mol. The Balaban J connectivity index is 1.89. The number of benzene rings is 2. The minimum absolute atomic E-state index is 0.144. The first-order valence-electron chi connectivity index (χ1n) is 12.3. The van der Waals surface area contributed by atoms with E-state index in [1.807, 2.05) is 24.3 Å². The van der Waals surface area contributed by atoms with E-state index in [0.717, 1.165) is 5.56 Å². The maximum atomic E-state index is 14.3. The van der Waals surface area contributed by atoms with Gasteiger partial charge < -0.3 is 19.5 Å². The summed E-state index contributed by atoms with van der Waals surface area (Å²) >= 11 is 6.14. The standard InChI is InChI=1S/C29H30ClNO6/c1-5-36-28(33)23-16(3)31-22-15-21(18-8-7-9-20(14-18)35-4)25(29(34)37-6-2)27(32)26(22)24(23)17-10-12-19(30)13-11-17/h7-14,21,24-25,31H,5-6,15H2,1-4H3/t21-,24-,25-/m1/s1. The van der Waals surface area contributed by atoms with E-state index in [0.29, 0.717) is 45.3 Å². The maximum absolute atomic E-state index is 14.3. The average Bonchev–Trinajstić information content (AvgIpc) is 2.88. The highest BCUT2D eigenvalue weighted by atomic mass is 35.5. The van der Waals surface area contributed by atoms with Gasteiger partial charge in [0.2, 0.25) is 0 Å². The van der Waals surface area contributed by atoms with Gasteiger partial charge in [-0.25, -0.2) is 4.79 Å². The summed E-state index contributed by atoms with van der Waals surface area (Å²) in [4.78, 5) is 40.6. The second-order valence-electron chi connectivity index (χ2n) is 8.94. The van der Waals surface area contributed by atoms with Crippen LogP contribution in [0.4, 0.5) is 0 Å². The molecule has 0 saturated carbocycles. The van der Waals surface area contributed by atoms with Gasteiger partial charge in [0, 0.05) is 33.8 Å². The molecule has 2 aromatic carbocycles. The van der Waals surface area contributed by atoms with Crippen LogP contribution in [0.2, 0.25) is 5.02 Å². The topological polar surface area (TPSA) is 90.9 Å². The van der Waals surface area contributed by atoms with Gasteiger partial charge in [0.05, 0.1) is 25.9 Å². The molecule has 0 saturated heterocycles. The van der Waals surface area contributed by atoms with Crippen LogP contribution < -0.4 is 10.1 Å². The molecule has 3 atom stereocenters. The number of hydrogen-bond donors (Lipinski definition) is 1. The van der Waals surface area contributed by atoms with Crippen molar-refractivity contribution in [3.05, 3.63) is 87.2 Å². The summed E-state index contributed by atoms with van der Waals surface area (Å²) in [6.45, 7) is 5.56. The van der Waals surface area contributed by atoms with Crippen LogP contribution in [0.1, 0.15) is 50.2 Å². The van der Waals surface area contributed by atoms with Gasteiger partial charge in [0.15, 0.2) is 5.78 Å². The van der Waals surface area contributed by atoms with E-state index in [2.05, 4.69) is 5.32 Å². The number of hydrogen-bond acceptors (Lipinski definition) is 7. The number of dihydropyridines is 1. The normalized spacial score (nSPS) is 21.2. The van der Waals surface area contributed by atoms with Crippen molar-refractivity contribution in [1.82, 2.24) is 5.32 Å². The van der Waals surface area contributed by atoms with Crippen LogP contribution >= 0.6 is 11.6 Å². The van der Waals surface area contributed by atoms with Crippen LogP contribution in [0.15, 0.2) is 71.1 Å². The largest absolute Gasteiger partial charge is 0.497 e. The van der Waals surface area contributed by atoms with E-state index in [1.165, 1.54) is 0 Å². The number of allylic oxidation sites excluding steroid dienone is 3. The summed E-state index contributed by atoms with van der Waals surface area (Å²) in [5.41, 5.74) is 3.47. The fourth-order valence-electron chi connectivity index (χ4n) is 5.19. The van der Waals surface area contributed by atoms with Gasteiger partial charge in [-0.05, 0) is 62.6 Å². The van der Waals surface area contributed by atoms with E-state index < -0.39 is 29.7 Å². The molecule has 1 heterocycles. The minimum Gasteiger partial charge on any atom is -0.497 e. The van der Waals surface area contributed by atoms with Crippen molar-refractivity contribution in [3.8, 4) is 5.75 Å². The lowest BCUT2D eigenvalue weighted by atomic mass is 9.67. The summed E-state index contributed by atoms with van der Waals surface area (Å²) in [7, 11) is 1.57. The number of Topliss-reactive ketones (excluding diaryl/α,β-unsaturated/α-hetero) is 1. The van der Waals surface area contributed by atoms with Gasteiger partial charge in [0.25, 0.3) is 0 Å². The molecule has 0 unspecified atom stereocenters. The molecule has 0 bridgehead atoms. The summed E-state index contributed by atoms with van der Waals surface area (Å²) in [6.07, 6.45) is 0.370. The first-order chi connectivity index (χ1) is 17.8. The van der Waals surface area contributed by atoms with Crippen LogP contribution in [0.25, 0.3) is 0 Å². The number of carbonyl (C=O) groups is 3. The van der Waals surface area contributed by atoms with Crippen molar-refractivity contribution in [2.45, 2.75) is 39.0 Å². The zero-order chi connectivity index (χ0) is 26.7. The van der Waals surface area contributed by atoms with Crippen molar-refractivity contribution in [1.29, 1.82) is 0 Å². The SMILES string of the molecule is CCOC(=O)C1=C(C)NC2=C(C(=O)[C@H](C(=O)OCC)[C@@H](c3cccc(OC)c3)C2)[C@@H]1c1ccc(Cl)cc1. The molecule has 37 heavy (non-hydrogen) atoms. The van der Waals surface area contributed by atoms with Crippen molar-refractivity contribution in [3.63, 3.8) is 0 Å². The lowest BCUT2D eigenvalue weighted by Gasteiger charge is -2.39. The molecule has 8 heteroatoms. The number of esters is 2. The van der Waals surface area contributed by atoms with Crippen LogP contribution in [0.5, 0.6) is 5.75 Å². The minimum atomic E-state index is -1.08. The highest BCUT2D eigenvalue weighted by molar-refractivity contribution is 6.30. The third-order valence-electron chi connectivity index (χ3n) is 6.78. The Kier molecular flexibility index (Phi) is 8.03. The number of ketones is 1. The summed E-state index contributed by atoms with van der Waals surface area (Å²) in [6, 6.07) is 14.4. The van der Waals surface area contributed by atoms with E-state index in [4.69, 9.17) is 25.8 Å². The summed E-state index contributed by atoms with van der Waals surface area (Å²) in [5.74, 6) is -3.14. The van der Waals surface area contributed by atoms with Gasteiger partial charge in [-0.3, -0.25) is 9.59 Å². The first-order valence-corrected chi connectivity index (χ1v) is 12.7. The number of methoxy groups -OCH3 is 1. The highest BCUT2D eigenvalue weighted by Gasteiger charge is 2.49. The molecule has 0 fully saturated rings. The Hall–Kier alpha value is -3.58. The van der Waals surface area contributed by atoms with Gasteiger partial charge in [0.1, 0.15) is 11.7 Å². The molecule has 1 N–H and O–H groups in total. The number of ether oxygens (including phenoxy) is 3. The predicted molar refractivity (Wildman–Crippen MR) is 139 cm³/mol. The molecule has 2 aliphatic rings. The third kappa shape index (κ3) is 5.14. The zero-order valence-corrected chi connectivity index (χ0v) is 22.1. The van der Waals surface area contributed by atoms with Crippen LogP contribution in [-0.2, 0) is 23.9 Å². The second kappa shape index (κ2) is 11.2. The summed E-state index contributed by atoms with van der Waals surface area (Å²) in [5, 5.41) is 3.83. The Morgan fingerprint density at radius 3 is 2.38 bits per heavy atom. The Labute approximate surface area is 221 Å². The summed E-state index contributed by atoms with van der Waals surface area (Å²) < 4.78 is 16.1. The smallest absolute Gasteiger partial charge is 0.336 e. The predicted octanol–water partition coefficient (Wildman–Crippen LogP) is 5.06. The Bertz CT molecular complexity index is 1280. The van der Waals surface area contributed by atoms with Crippen molar-refractivity contribution >= 4 is 29.3 Å². The molecular weight excluding hydrogens is 494 g/mol. The number of halogens is 1. The van der Waals surface area contributed by atoms with Crippen LogP contribution in [0.3, 0.4) is 0 Å². The molecule has 7 nitrogen and oxygen atoms in total. The number of carbonyl (C=O) groups excluding carboxylic acids is 3. The quantitative estimate of drug-likeness (QED) is 0.400. The lowest BCUT2D eigenvalue weighted by Crippen LogP contribution is -2.43. The molecule has 0 spiro atoms. The van der Waals surface area contributed by atoms with E-state index >= 15 is 0 Å². The van der Waals surface area contributed by atoms with Crippen LogP contribution in [-0.4, -0.2) is 38.0 Å². The van der Waals surface area contributed by atoms with Crippen molar-refractivity contribution < 1.29 is 28.6 Å². The maximum Gasteiger partial charge on any atom is 0.336 e. The third-order valence-corrected chi connectivity index (χ3v) is 7.03. The van der Waals surface area contributed by atoms with Gasteiger partial charge in [-0.1, -0.05) is 35.9 Å². The zero-order valence-electron chi connectivity index (χ0n) is 21.3. The molecule has 0 amide bonds. The number of rotatable bonds is 7. The number of nitrogens with one attached hydrogen (secondary N) is 1. The Morgan fingerprint density at radius 1 is 1.03 bits per heavy atom. The van der Waals surface area contributed by atoms with Gasteiger partial charge in [-0.2, -0.15) is 0 Å². The van der Waals surface area contributed by atoms with Crippen molar-refractivity contribution in [2.75, 3.05) is 20.3 Å². The van der Waals surface area contributed by atoms with Crippen LogP contribution in [0, 0.1) is 5.92 Å². The van der Waals surface area contributed by atoms with Crippen molar-refractivity contribution in [2.24, 2.45) is 5.92 Å². The van der Waals surface area contributed by atoms with E-state index in [-0.39, 0.29) is 19.0 Å². The molecule has 4 rings (SSSR count). The Morgan fingerprint density at radius 2 is 1.73 bits per heavy atom. The molecule has 2 aromatic rings. The molecule has 1 aliphatic carbocycles. The van der Waals surface area contributed by atoms with E-state index in [1.54, 1.807) is 52.1 Å². The molecule has 1 aliphatic heterocycles. The van der Waals surface area contributed by atoms with Gasteiger partial charge >= 0.3 is 11.9 Å². The fraction of sp³-hybridized carbons (Fsp3) is 0.345. The molecular formula is C29H30ClNO6. The molecule has 0 radical (unpaired) electrons. The fourth-order valence-corrected chi connectivity index (χ4v) is 5.32. The van der Waals surface area contributed by atoms with E-state index in [9.17, 15) is 14.4 Å². The lowest BCUT2D eigenvalue weighted by molar-refractivity contribution is -0.152. The second-order valence-corrected chi connectivity index (χ2v) is 9.38. The first kappa shape index (κ1) is 26.5. The van der Waals surface area contributed by atoms with Gasteiger partial charge in [-0.15, -0.1) is 0 Å². The molecule has 0 aromatic heterocycles. The monoisotopic (exact) mass is 523 g/mol. The molecule has 194 valence electrons.